The van der Waals surface area contributed by atoms with Crippen LogP contribution >= 0.6 is 0 Å². The first kappa shape index (κ1) is 26.7. The predicted octanol–water partition coefficient (Wildman–Crippen LogP) is 1.33. The lowest BCUT2D eigenvalue weighted by Gasteiger charge is -2.27. The molecule has 1 aliphatic rings. The molecule has 0 radical (unpaired) electrons. The molecule has 4 atom stereocenters. The molecule has 1 amide bonds. The Hall–Kier alpha value is -4.85. The molecule has 37 heavy (non-hydrogen) atoms. The summed E-state index contributed by atoms with van der Waals surface area (Å²) in [5.74, 6) is 0.0551. The van der Waals surface area contributed by atoms with E-state index in [-0.39, 0.29) is 17.0 Å². The molecular formula is C20H21N5O12. The van der Waals surface area contributed by atoms with Gasteiger partial charge in [0.15, 0.2) is 18.0 Å². The van der Waals surface area contributed by atoms with Crippen molar-refractivity contribution in [2.75, 3.05) is 40.4 Å². The van der Waals surface area contributed by atoms with Crippen LogP contribution in [0.1, 0.15) is 11.8 Å². The maximum absolute atomic E-state index is 12.1. The number of anilines is 1. The van der Waals surface area contributed by atoms with Gasteiger partial charge in [-0.1, -0.05) is 0 Å². The number of nitrogens with one attached hydrogen (secondary N) is 1. The van der Waals surface area contributed by atoms with E-state index < -0.39 is 55.1 Å². The van der Waals surface area contributed by atoms with Gasteiger partial charge in [0.1, 0.15) is 30.6 Å². The Bertz CT molecular complexity index is 1230. The van der Waals surface area contributed by atoms with Gasteiger partial charge in [-0.05, 0) is 12.1 Å². The van der Waals surface area contributed by atoms with Gasteiger partial charge < -0.3 is 37.9 Å². The van der Waals surface area contributed by atoms with Crippen LogP contribution in [0.3, 0.4) is 0 Å². The predicted molar refractivity (Wildman–Crippen MR) is 114 cm³/mol. The van der Waals surface area contributed by atoms with E-state index in [1.54, 1.807) is 0 Å². The smallest absolute Gasteiger partial charge is 0.453 e. The summed E-state index contributed by atoms with van der Waals surface area (Å²) in [5, 5.41) is 16.6. The summed E-state index contributed by atoms with van der Waals surface area (Å²) in [4.78, 5) is 51.5. The number of carbonyl (C=O) groups excluding carboxylic acids is 4. The molecule has 0 saturated carbocycles. The van der Waals surface area contributed by atoms with Gasteiger partial charge in [0, 0.05) is 0 Å². The minimum Gasteiger partial charge on any atom is -0.453 e. The third kappa shape index (κ3) is 5.38. The fourth-order valence-electron chi connectivity index (χ4n) is 3.49. The summed E-state index contributed by atoms with van der Waals surface area (Å²) in [5.41, 5.74) is -1.79. The number of amides is 1. The van der Waals surface area contributed by atoms with Gasteiger partial charge in [0.2, 0.25) is 5.60 Å². The van der Waals surface area contributed by atoms with Crippen LogP contribution in [0, 0.1) is 11.3 Å². The first-order chi connectivity index (χ1) is 17.7. The quantitative estimate of drug-likeness (QED) is 0.418. The van der Waals surface area contributed by atoms with Crippen molar-refractivity contribution >= 4 is 35.9 Å². The largest absolute Gasteiger partial charge is 0.508 e. The summed E-state index contributed by atoms with van der Waals surface area (Å²) in [6, 6.07) is 4.77. The van der Waals surface area contributed by atoms with Crippen molar-refractivity contribution in [2.45, 2.75) is 23.9 Å². The molecule has 17 heteroatoms. The number of hydrogen-bond donors (Lipinski definition) is 1. The lowest BCUT2D eigenvalue weighted by Crippen LogP contribution is -2.49. The fraction of sp³-hybridized carbons (Fsp3) is 0.450. The summed E-state index contributed by atoms with van der Waals surface area (Å²) in [6.07, 6.45) is -7.92. The lowest BCUT2D eigenvalue weighted by atomic mass is 9.95. The van der Waals surface area contributed by atoms with Crippen LogP contribution in [0.15, 0.2) is 18.5 Å². The van der Waals surface area contributed by atoms with Gasteiger partial charge in [0.25, 0.3) is 0 Å². The van der Waals surface area contributed by atoms with Crippen molar-refractivity contribution in [1.82, 2.24) is 14.6 Å². The van der Waals surface area contributed by atoms with Crippen LogP contribution < -0.4 is 5.32 Å². The Morgan fingerprint density at radius 1 is 1.05 bits per heavy atom. The molecule has 0 bridgehead atoms. The summed E-state index contributed by atoms with van der Waals surface area (Å²) >= 11 is 0. The Morgan fingerprint density at radius 3 is 2.35 bits per heavy atom. The lowest BCUT2D eigenvalue weighted by molar-refractivity contribution is -0.0933. The Kier molecular flexibility index (Phi) is 8.14. The second kappa shape index (κ2) is 11.3. The molecule has 1 saturated heterocycles. The molecule has 1 aliphatic heterocycles. The number of nitrogens with zero attached hydrogens (tertiary/aromatic N) is 4. The van der Waals surface area contributed by atoms with E-state index in [4.69, 9.17) is 18.9 Å². The molecule has 1 fully saturated rings. The number of nitriles is 1. The SMILES string of the molecule is COC(=O)Nc1ncnn2c([C@@H]3O[C@](C#N)(COC(=O)OC)[C@@H](OC(=O)OC)[C@H]3OC(=O)OC)ccc12. The molecule has 17 nitrogen and oxygen atoms in total. The van der Waals surface area contributed by atoms with Crippen LogP contribution in [-0.4, -0.2) is 92.0 Å². The summed E-state index contributed by atoms with van der Waals surface area (Å²) in [6.45, 7) is -0.803. The van der Waals surface area contributed by atoms with Crippen LogP contribution in [0.25, 0.3) is 5.52 Å². The van der Waals surface area contributed by atoms with E-state index in [0.29, 0.717) is 0 Å². The number of carbonyl (C=O) groups is 4. The van der Waals surface area contributed by atoms with E-state index >= 15 is 0 Å². The second-order valence-corrected chi connectivity index (χ2v) is 7.09. The number of methoxy groups -OCH3 is 4. The monoisotopic (exact) mass is 523 g/mol. The first-order valence-corrected chi connectivity index (χ1v) is 10.2. The number of rotatable bonds is 6. The zero-order valence-corrected chi connectivity index (χ0v) is 19.9. The van der Waals surface area contributed by atoms with Gasteiger partial charge in [0.05, 0.1) is 34.1 Å². The van der Waals surface area contributed by atoms with Gasteiger partial charge in [-0.2, -0.15) is 10.4 Å². The highest BCUT2D eigenvalue weighted by molar-refractivity contribution is 5.88. The highest BCUT2D eigenvalue weighted by Gasteiger charge is 2.62. The van der Waals surface area contributed by atoms with Crippen LogP contribution in [-0.2, 0) is 37.9 Å². The number of aromatic nitrogens is 3. The number of fused-ring (bicyclic) bond motifs is 1. The minimum atomic E-state index is -2.21. The van der Waals surface area contributed by atoms with Crippen molar-refractivity contribution in [3.05, 3.63) is 24.2 Å². The molecule has 2 aromatic heterocycles. The van der Waals surface area contributed by atoms with Gasteiger partial charge in [-0.25, -0.2) is 28.7 Å². The molecule has 0 spiro atoms. The number of ether oxygens (including phenoxy) is 8. The molecule has 3 heterocycles. The highest BCUT2D eigenvalue weighted by atomic mass is 16.8. The molecule has 1 N–H and O–H groups in total. The van der Waals surface area contributed by atoms with Crippen LogP contribution in [0.4, 0.5) is 25.0 Å². The third-order valence-corrected chi connectivity index (χ3v) is 5.12. The maximum Gasteiger partial charge on any atom is 0.508 e. The first-order valence-electron chi connectivity index (χ1n) is 10.2. The van der Waals surface area contributed by atoms with E-state index in [2.05, 4.69) is 34.3 Å². The standard InChI is InChI=1S/C20H21N5O12/c1-30-16(26)24-15-11-6-5-10(25(11)23-9-22-15)12-13(35-18(28)32-3)14(36-19(29)33-4)20(7-21,37-12)8-34-17(27)31-2/h5-6,9,12-14H,8H2,1-4H3,(H,22,23,24,26)/t12-,13-,14-,20+/m0/s1. The van der Waals surface area contributed by atoms with E-state index in [1.807, 2.05) is 6.07 Å². The molecular weight excluding hydrogens is 502 g/mol. The Morgan fingerprint density at radius 2 is 1.73 bits per heavy atom. The van der Waals surface area contributed by atoms with Crippen molar-refractivity contribution in [3.63, 3.8) is 0 Å². The van der Waals surface area contributed by atoms with Crippen molar-refractivity contribution in [2.24, 2.45) is 0 Å². The van der Waals surface area contributed by atoms with Gasteiger partial charge >= 0.3 is 24.6 Å². The van der Waals surface area contributed by atoms with Gasteiger partial charge in [-0.15, -0.1) is 0 Å². The van der Waals surface area contributed by atoms with Gasteiger partial charge in [-0.3, -0.25) is 5.32 Å². The zero-order chi connectivity index (χ0) is 27.2. The Balaban J connectivity index is 2.13. The van der Waals surface area contributed by atoms with Crippen LogP contribution in [0.5, 0.6) is 0 Å². The van der Waals surface area contributed by atoms with Crippen LogP contribution in [0.2, 0.25) is 0 Å². The number of hydrogen-bond acceptors (Lipinski definition) is 15. The average Bonchev–Trinajstić information content (AvgIpc) is 3.47. The molecule has 2 aromatic rings. The molecule has 0 aromatic carbocycles. The average molecular weight is 523 g/mol. The van der Waals surface area contributed by atoms with E-state index in [0.717, 1.165) is 34.8 Å². The molecule has 198 valence electrons. The third-order valence-electron chi connectivity index (χ3n) is 5.12. The molecule has 3 rings (SSSR count). The van der Waals surface area contributed by atoms with E-state index in [9.17, 15) is 24.4 Å². The van der Waals surface area contributed by atoms with Crippen molar-refractivity contribution in [1.29, 1.82) is 5.26 Å². The zero-order valence-electron chi connectivity index (χ0n) is 19.9. The topological polar surface area (TPSA) is 208 Å². The molecule has 0 aliphatic carbocycles. The second-order valence-electron chi connectivity index (χ2n) is 7.09. The van der Waals surface area contributed by atoms with Crippen molar-refractivity contribution < 1.29 is 57.1 Å². The Labute approximate surface area is 208 Å². The van der Waals surface area contributed by atoms with E-state index in [1.165, 1.54) is 16.6 Å². The maximum atomic E-state index is 12.1. The molecule has 0 unspecified atom stereocenters. The van der Waals surface area contributed by atoms with Crippen molar-refractivity contribution in [3.8, 4) is 6.07 Å². The summed E-state index contributed by atoms with van der Waals surface area (Å²) < 4.78 is 40.8. The minimum absolute atomic E-state index is 0.0551. The normalized spacial score (nSPS) is 22.3. The summed E-state index contributed by atoms with van der Waals surface area (Å²) in [7, 11) is 4.25. The highest BCUT2D eigenvalue weighted by Crippen LogP contribution is 2.44. The fourth-order valence-corrected chi connectivity index (χ4v) is 3.49.